The average molecular weight is 285 g/mol. The summed E-state index contributed by atoms with van der Waals surface area (Å²) in [7, 11) is 1.66. The molecule has 0 saturated heterocycles. The van der Waals surface area contributed by atoms with Crippen LogP contribution in [0.2, 0.25) is 0 Å². The SMILES string of the molecule is COc1cccc(Oc2cc(CNC(C)C)ccc2C)c1. The molecule has 0 saturated carbocycles. The number of ether oxygens (including phenoxy) is 2. The minimum atomic E-state index is 0.467. The highest BCUT2D eigenvalue weighted by atomic mass is 16.5. The van der Waals surface area contributed by atoms with Crippen LogP contribution >= 0.6 is 0 Å². The van der Waals surface area contributed by atoms with E-state index in [2.05, 4.69) is 44.3 Å². The Morgan fingerprint density at radius 3 is 2.52 bits per heavy atom. The van der Waals surface area contributed by atoms with Gasteiger partial charge in [-0.2, -0.15) is 0 Å². The number of hydrogen-bond acceptors (Lipinski definition) is 3. The smallest absolute Gasteiger partial charge is 0.131 e. The summed E-state index contributed by atoms with van der Waals surface area (Å²) < 4.78 is 11.2. The second-order valence-electron chi connectivity index (χ2n) is 5.42. The molecule has 2 aromatic rings. The number of hydrogen-bond donors (Lipinski definition) is 1. The zero-order valence-electron chi connectivity index (χ0n) is 13.1. The maximum atomic E-state index is 5.99. The van der Waals surface area contributed by atoms with Crippen molar-refractivity contribution in [1.29, 1.82) is 0 Å². The molecule has 0 atom stereocenters. The van der Waals surface area contributed by atoms with Crippen LogP contribution in [-0.2, 0) is 6.54 Å². The van der Waals surface area contributed by atoms with Gasteiger partial charge in [0.25, 0.3) is 0 Å². The van der Waals surface area contributed by atoms with E-state index >= 15 is 0 Å². The third-order valence-corrected chi connectivity index (χ3v) is 3.24. The van der Waals surface area contributed by atoms with Gasteiger partial charge in [0.1, 0.15) is 17.2 Å². The van der Waals surface area contributed by atoms with E-state index in [0.29, 0.717) is 6.04 Å². The fraction of sp³-hybridized carbons (Fsp3) is 0.333. The van der Waals surface area contributed by atoms with Crippen LogP contribution < -0.4 is 14.8 Å². The molecule has 0 bridgehead atoms. The Balaban J connectivity index is 2.16. The molecule has 112 valence electrons. The van der Waals surface area contributed by atoms with Crippen molar-refractivity contribution < 1.29 is 9.47 Å². The number of methoxy groups -OCH3 is 1. The van der Waals surface area contributed by atoms with E-state index in [1.54, 1.807) is 7.11 Å². The molecule has 0 aromatic heterocycles. The Labute approximate surface area is 126 Å². The summed E-state index contributed by atoms with van der Waals surface area (Å²) in [6.45, 7) is 7.17. The highest BCUT2D eigenvalue weighted by Crippen LogP contribution is 2.28. The lowest BCUT2D eigenvalue weighted by Gasteiger charge is -2.13. The maximum absolute atomic E-state index is 5.99. The summed E-state index contributed by atoms with van der Waals surface area (Å²) in [4.78, 5) is 0. The van der Waals surface area contributed by atoms with Gasteiger partial charge in [0.05, 0.1) is 7.11 Å². The molecular weight excluding hydrogens is 262 g/mol. The van der Waals surface area contributed by atoms with E-state index in [4.69, 9.17) is 9.47 Å². The molecule has 21 heavy (non-hydrogen) atoms. The molecule has 1 N–H and O–H groups in total. The van der Waals surface area contributed by atoms with Crippen LogP contribution in [0, 0.1) is 6.92 Å². The second kappa shape index (κ2) is 7.14. The Morgan fingerprint density at radius 2 is 1.81 bits per heavy atom. The lowest BCUT2D eigenvalue weighted by atomic mass is 10.1. The van der Waals surface area contributed by atoms with Gasteiger partial charge in [0.15, 0.2) is 0 Å². The Kier molecular flexibility index (Phi) is 5.23. The molecule has 3 nitrogen and oxygen atoms in total. The van der Waals surface area contributed by atoms with Crippen molar-refractivity contribution in [2.75, 3.05) is 7.11 Å². The number of aryl methyl sites for hydroxylation is 1. The summed E-state index contributed by atoms with van der Waals surface area (Å²) in [5.41, 5.74) is 2.33. The lowest BCUT2D eigenvalue weighted by Crippen LogP contribution is -2.21. The van der Waals surface area contributed by atoms with Gasteiger partial charge in [-0.15, -0.1) is 0 Å². The first-order chi connectivity index (χ1) is 10.1. The molecule has 0 heterocycles. The maximum Gasteiger partial charge on any atom is 0.131 e. The van der Waals surface area contributed by atoms with Crippen molar-refractivity contribution in [1.82, 2.24) is 5.32 Å². The van der Waals surface area contributed by atoms with Crippen LogP contribution in [0.15, 0.2) is 42.5 Å². The van der Waals surface area contributed by atoms with Crippen LogP contribution in [0.5, 0.6) is 17.2 Å². The van der Waals surface area contributed by atoms with Crippen LogP contribution in [-0.4, -0.2) is 13.2 Å². The van der Waals surface area contributed by atoms with Gasteiger partial charge in [-0.25, -0.2) is 0 Å². The standard InChI is InChI=1S/C18H23NO2/c1-13(2)19-12-15-9-8-14(3)18(10-15)21-17-7-5-6-16(11-17)20-4/h5-11,13,19H,12H2,1-4H3. The van der Waals surface area contributed by atoms with Gasteiger partial charge >= 0.3 is 0 Å². The van der Waals surface area contributed by atoms with Crippen LogP contribution in [0.1, 0.15) is 25.0 Å². The summed E-state index contributed by atoms with van der Waals surface area (Å²) >= 11 is 0. The normalized spacial score (nSPS) is 10.7. The minimum absolute atomic E-state index is 0.467. The van der Waals surface area contributed by atoms with E-state index in [0.717, 1.165) is 29.4 Å². The molecular formula is C18H23NO2. The van der Waals surface area contributed by atoms with Gasteiger partial charge in [-0.1, -0.05) is 32.0 Å². The van der Waals surface area contributed by atoms with E-state index < -0.39 is 0 Å². The first-order valence-electron chi connectivity index (χ1n) is 7.23. The topological polar surface area (TPSA) is 30.5 Å². The molecule has 2 aromatic carbocycles. The van der Waals surface area contributed by atoms with Crippen LogP contribution in [0.3, 0.4) is 0 Å². The summed E-state index contributed by atoms with van der Waals surface area (Å²) in [6, 6.07) is 14.4. The van der Waals surface area contributed by atoms with Crippen molar-refractivity contribution in [2.45, 2.75) is 33.4 Å². The van der Waals surface area contributed by atoms with Gasteiger partial charge in [-0.3, -0.25) is 0 Å². The van der Waals surface area contributed by atoms with E-state index in [1.807, 2.05) is 24.3 Å². The van der Waals surface area contributed by atoms with Crippen molar-refractivity contribution >= 4 is 0 Å². The fourth-order valence-electron chi connectivity index (χ4n) is 1.98. The average Bonchev–Trinajstić information content (AvgIpc) is 2.48. The molecule has 0 aliphatic carbocycles. The minimum Gasteiger partial charge on any atom is -0.497 e. The van der Waals surface area contributed by atoms with Crippen molar-refractivity contribution in [3.63, 3.8) is 0 Å². The third kappa shape index (κ3) is 4.50. The number of benzene rings is 2. The van der Waals surface area contributed by atoms with Crippen molar-refractivity contribution in [3.8, 4) is 17.2 Å². The van der Waals surface area contributed by atoms with Crippen LogP contribution in [0.25, 0.3) is 0 Å². The Bertz CT molecular complexity index is 594. The molecule has 0 amide bonds. The largest absolute Gasteiger partial charge is 0.497 e. The van der Waals surface area contributed by atoms with Gasteiger partial charge in [0.2, 0.25) is 0 Å². The van der Waals surface area contributed by atoms with Crippen LogP contribution in [0.4, 0.5) is 0 Å². The molecule has 3 heteroatoms. The molecule has 0 aliphatic rings. The van der Waals surface area contributed by atoms with Gasteiger partial charge < -0.3 is 14.8 Å². The fourth-order valence-corrected chi connectivity index (χ4v) is 1.98. The molecule has 0 radical (unpaired) electrons. The predicted octanol–water partition coefficient (Wildman–Crippen LogP) is 4.29. The Morgan fingerprint density at radius 1 is 1.05 bits per heavy atom. The number of nitrogens with one attached hydrogen (secondary N) is 1. The van der Waals surface area contributed by atoms with Gasteiger partial charge in [-0.05, 0) is 36.2 Å². The van der Waals surface area contributed by atoms with E-state index in [1.165, 1.54) is 5.56 Å². The second-order valence-corrected chi connectivity index (χ2v) is 5.42. The first kappa shape index (κ1) is 15.4. The third-order valence-electron chi connectivity index (χ3n) is 3.24. The van der Waals surface area contributed by atoms with Crippen molar-refractivity contribution in [2.24, 2.45) is 0 Å². The monoisotopic (exact) mass is 285 g/mol. The van der Waals surface area contributed by atoms with E-state index in [9.17, 15) is 0 Å². The Hall–Kier alpha value is -2.00. The zero-order valence-corrected chi connectivity index (χ0v) is 13.1. The highest BCUT2D eigenvalue weighted by Gasteiger charge is 2.05. The lowest BCUT2D eigenvalue weighted by molar-refractivity contribution is 0.408. The molecule has 0 aliphatic heterocycles. The van der Waals surface area contributed by atoms with E-state index in [-0.39, 0.29) is 0 Å². The predicted molar refractivity (Wildman–Crippen MR) is 86.2 cm³/mol. The van der Waals surface area contributed by atoms with Crippen molar-refractivity contribution in [3.05, 3.63) is 53.6 Å². The summed E-state index contributed by atoms with van der Waals surface area (Å²) in [5, 5.41) is 3.42. The molecule has 0 fully saturated rings. The van der Waals surface area contributed by atoms with Gasteiger partial charge in [0, 0.05) is 18.7 Å². The highest BCUT2D eigenvalue weighted by molar-refractivity contribution is 5.42. The summed E-state index contributed by atoms with van der Waals surface area (Å²) in [5.74, 6) is 2.46. The first-order valence-corrected chi connectivity index (χ1v) is 7.23. The molecule has 0 spiro atoms. The molecule has 2 rings (SSSR count). The molecule has 0 unspecified atom stereocenters. The zero-order chi connectivity index (χ0) is 15.2. The quantitative estimate of drug-likeness (QED) is 0.858. The summed E-state index contributed by atoms with van der Waals surface area (Å²) in [6.07, 6.45) is 0. The number of rotatable bonds is 6.